The molecule has 0 saturated carbocycles. The molecule has 1 aromatic carbocycles. The molecule has 0 bridgehead atoms. The molecule has 4 nitrogen and oxygen atoms in total. The van der Waals surface area contributed by atoms with E-state index in [4.69, 9.17) is 5.11 Å². The van der Waals surface area contributed by atoms with E-state index in [9.17, 15) is 13.2 Å². The summed E-state index contributed by atoms with van der Waals surface area (Å²) in [5, 5.41) is 8.91. The molecule has 0 amide bonds. The van der Waals surface area contributed by atoms with Gasteiger partial charge < -0.3 is 5.11 Å². The summed E-state index contributed by atoms with van der Waals surface area (Å²) in [5.41, 5.74) is 0.244. The van der Waals surface area contributed by atoms with Gasteiger partial charge in [-0.2, -0.15) is 0 Å². The number of carboxylic acids is 1. The number of carbonyl (C=O) groups is 1. The molecule has 90 valence electrons. The van der Waals surface area contributed by atoms with Crippen molar-refractivity contribution in [2.45, 2.75) is 18.7 Å². The Morgan fingerprint density at radius 2 is 2.06 bits per heavy atom. The van der Waals surface area contributed by atoms with Gasteiger partial charge in [-0.3, -0.25) is 0 Å². The lowest BCUT2D eigenvalue weighted by molar-refractivity contribution is 0.0696. The van der Waals surface area contributed by atoms with Crippen molar-refractivity contribution in [1.29, 1.82) is 0 Å². The SMILES string of the molecule is CC#CCS(=O)(=O)c1cccc(C(=O)O)c1C. The summed E-state index contributed by atoms with van der Waals surface area (Å²) in [5.74, 6) is 3.55. The predicted octanol–water partition coefficient (Wildman–Crippen LogP) is 1.49. The average Bonchev–Trinajstić information content (AvgIpc) is 2.26. The molecule has 0 heterocycles. The number of carboxylic acid groups (broad SMARTS) is 1. The molecule has 17 heavy (non-hydrogen) atoms. The summed E-state index contributed by atoms with van der Waals surface area (Å²) in [4.78, 5) is 10.9. The fourth-order valence-electron chi connectivity index (χ4n) is 1.43. The van der Waals surface area contributed by atoms with Crippen LogP contribution in [0.15, 0.2) is 23.1 Å². The Morgan fingerprint density at radius 1 is 1.41 bits per heavy atom. The van der Waals surface area contributed by atoms with Crippen molar-refractivity contribution < 1.29 is 18.3 Å². The number of aromatic carboxylic acids is 1. The van der Waals surface area contributed by atoms with Gasteiger partial charge in [0.2, 0.25) is 0 Å². The molecule has 0 fully saturated rings. The van der Waals surface area contributed by atoms with Crippen LogP contribution in [0.2, 0.25) is 0 Å². The fourth-order valence-corrected chi connectivity index (χ4v) is 2.78. The highest BCUT2D eigenvalue weighted by atomic mass is 32.2. The van der Waals surface area contributed by atoms with Gasteiger partial charge in [-0.05, 0) is 31.5 Å². The molecule has 1 rings (SSSR count). The summed E-state index contributed by atoms with van der Waals surface area (Å²) >= 11 is 0. The Hall–Kier alpha value is -1.80. The highest BCUT2D eigenvalue weighted by molar-refractivity contribution is 7.91. The van der Waals surface area contributed by atoms with E-state index in [1.54, 1.807) is 6.92 Å². The molecule has 0 unspecified atom stereocenters. The van der Waals surface area contributed by atoms with Crippen molar-refractivity contribution in [2.24, 2.45) is 0 Å². The zero-order chi connectivity index (χ0) is 13.1. The van der Waals surface area contributed by atoms with Gasteiger partial charge in [-0.15, -0.1) is 5.92 Å². The Kier molecular flexibility index (Phi) is 3.92. The molecular formula is C12H12O4S. The van der Waals surface area contributed by atoms with E-state index in [-0.39, 0.29) is 21.8 Å². The quantitative estimate of drug-likeness (QED) is 0.827. The highest BCUT2D eigenvalue weighted by Crippen LogP contribution is 2.20. The Labute approximate surface area is 100 Å². The maximum Gasteiger partial charge on any atom is 0.335 e. The van der Waals surface area contributed by atoms with Crippen molar-refractivity contribution in [2.75, 3.05) is 5.75 Å². The van der Waals surface area contributed by atoms with Crippen LogP contribution in [-0.4, -0.2) is 25.2 Å². The Morgan fingerprint density at radius 3 is 2.59 bits per heavy atom. The maximum absolute atomic E-state index is 11.9. The average molecular weight is 252 g/mol. The minimum Gasteiger partial charge on any atom is -0.478 e. The largest absolute Gasteiger partial charge is 0.478 e. The zero-order valence-corrected chi connectivity index (χ0v) is 10.3. The summed E-state index contributed by atoms with van der Waals surface area (Å²) in [6.07, 6.45) is 0. The molecule has 0 aliphatic heterocycles. The van der Waals surface area contributed by atoms with E-state index >= 15 is 0 Å². The summed E-state index contributed by atoms with van der Waals surface area (Å²) in [6.45, 7) is 3.03. The molecule has 1 N–H and O–H groups in total. The minimum absolute atomic E-state index is 0.00414. The third-order valence-corrected chi connectivity index (χ3v) is 3.93. The smallest absolute Gasteiger partial charge is 0.335 e. The third-order valence-electron chi connectivity index (χ3n) is 2.29. The molecule has 0 spiro atoms. The number of sulfone groups is 1. The van der Waals surface area contributed by atoms with Crippen LogP contribution in [0.4, 0.5) is 0 Å². The Bertz CT molecular complexity index is 603. The third kappa shape index (κ3) is 2.86. The number of hydrogen-bond donors (Lipinski definition) is 1. The summed E-state index contributed by atoms with van der Waals surface area (Å²) in [7, 11) is -3.55. The molecule has 0 aliphatic rings. The van der Waals surface area contributed by atoms with Crippen LogP contribution >= 0.6 is 0 Å². The van der Waals surface area contributed by atoms with E-state index in [0.717, 1.165) is 0 Å². The molecule has 0 saturated heterocycles. The van der Waals surface area contributed by atoms with E-state index in [1.165, 1.54) is 25.1 Å². The molecule has 1 aromatic rings. The first-order valence-corrected chi connectivity index (χ1v) is 6.50. The van der Waals surface area contributed by atoms with Crippen LogP contribution < -0.4 is 0 Å². The maximum atomic E-state index is 11.9. The lowest BCUT2D eigenvalue weighted by Crippen LogP contribution is -2.10. The van der Waals surface area contributed by atoms with Crippen molar-refractivity contribution in [3.8, 4) is 11.8 Å². The van der Waals surface area contributed by atoms with Gasteiger partial charge in [0, 0.05) is 0 Å². The van der Waals surface area contributed by atoms with E-state index < -0.39 is 15.8 Å². The lowest BCUT2D eigenvalue weighted by atomic mass is 10.1. The molecular weight excluding hydrogens is 240 g/mol. The fraction of sp³-hybridized carbons (Fsp3) is 0.250. The lowest BCUT2D eigenvalue weighted by Gasteiger charge is -2.07. The highest BCUT2D eigenvalue weighted by Gasteiger charge is 2.19. The second-order valence-corrected chi connectivity index (χ2v) is 5.38. The molecule has 5 heteroatoms. The minimum atomic E-state index is -3.55. The standard InChI is InChI=1S/C12H12O4S/c1-3-4-8-17(15,16)11-7-5-6-10(9(11)2)12(13)14/h5-7H,8H2,1-2H3,(H,13,14). The van der Waals surface area contributed by atoms with Gasteiger partial charge >= 0.3 is 5.97 Å². The van der Waals surface area contributed by atoms with Crippen LogP contribution in [0.25, 0.3) is 0 Å². The van der Waals surface area contributed by atoms with Crippen molar-refractivity contribution in [3.05, 3.63) is 29.3 Å². The van der Waals surface area contributed by atoms with Gasteiger partial charge in [0.1, 0.15) is 5.75 Å². The van der Waals surface area contributed by atoms with Gasteiger partial charge in [-0.25, -0.2) is 13.2 Å². The zero-order valence-electron chi connectivity index (χ0n) is 9.52. The van der Waals surface area contributed by atoms with E-state index in [0.29, 0.717) is 0 Å². The number of rotatable bonds is 3. The Balaban J connectivity index is 3.36. The molecule has 0 radical (unpaired) electrons. The van der Waals surface area contributed by atoms with Gasteiger partial charge in [-0.1, -0.05) is 12.0 Å². The normalized spacial score (nSPS) is 10.5. The first-order valence-electron chi connectivity index (χ1n) is 4.85. The second-order valence-electron chi connectivity index (χ2n) is 3.42. The van der Waals surface area contributed by atoms with Crippen LogP contribution in [0.5, 0.6) is 0 Å². The first kappa shape index (κ1) is 13.3. The second kappa shape index (κ2) is 5.02. The molecule has 0 atom stereocenters. The van der Waals surface area contributed by atoms with E-state index in [1.807, 2.05) is 0 Å². The van der Waals surface area contributed by atoms with Crippen molar-refractivity contribution >= 4 is 15.8 Å². The number of benzene rings is 1. The summed E-state index contributed by atoms with van der Waals surface area (Å²) < 4.78 is 23.8. The van der Waals surface area contributed by atoms with Gasteiger partial charge in [0.25, 0.3) is 0 Å². The van der Waals surface area contributed by atoms with E-state index in [2.05, 4.69) is 11.8 Å². The topological polar surface area (TPSA) is 71.4 Å². The van der Waals surface area contributed by atoms with Crippen LogP contribution in [-0.2, 0) is 9.84 Å². The van der Waals surface area contributed by atoms with Crippen LogP contribution in [0, 0.1) is 18.8 Å². The monoisotopic (exact) mass is 252 g/mol. The summed E-state index contributed by atoms with van der Waals surface area (Å²) in [6, 6.07) is 4.19. The van der Waals surface area contributed by atoms with Gasteiger partial charge in [0.15, 0.2) is 9.84 Å². The molecule has 0 aliphatic carbocycles. The molecule has 0 aromatic heterocycles. The van der Waals surface area contributed by atoms with Gasteiger partial charge in [0.05, 0.1) is 10.5 Å². The van der Waals surface area contributed by atoms with Crippen molar-refractivity contribution in [1.82, 2.24) is 0 Å². The number of hydrogen-bond acceptors (Lipinski definition) is 3. The van der Waals surface area contributed by atoms with Crippen molar-refractivity contribution in [3.63, 3.8) is 0 Å². The van der Waals surface area contributed by atoms with Crippen LogP contribution in [0.3, 0.4) is 0 Å². The first-order chi connectivity index (χ1) is 7.90. The van der Waals surface area contributed by atoms with Crippen LogP contribution in [0.1, 0.15) is 22.8 Å². The predicted molar refractivity (Wildman–Crippen MR) is 63.6 cm³/mol.